The predicted octanol–water partition coefficient (Wildman–Crippen LogP) is 2.97. The molecule has 0 radical (unpaired) electrons. The van der Waals surface area contributed by atoms with E-state index in [0.29, 0.717) is 6.10 Å². The summed E-state index contributed by atoms with van der Waals surface area (Å²) in [6.07, 6.45) is 10.0. The molecule has 3 nitrogen and oxygen atoms in total. The van der Waals surface area contributed by atoms with Gasteiger partial charge in [-0.05, 0) is 44.2 Å². The lowest BCUT2D eigenvalue weighted by atomic mass is 9.98. The van der Waals surface area contributed by atoms with E-state index in [-0.39, 0.29) is 5.60 Å². The first kappa shape index (κ1) is 13.1. The van der Waals surface area contributed by atoms with Crippen molar-refractivity contribution in [3.63, 3.8) is 0 Å². The normalized spacial score (nSPS) is 25.2. The molecule has 2 heterocycles. The van der Waals surface area contributed by atoms with Crippen molar-refractivity contribution in [2.45, 2.75) is 63.7 Å². The Bertz CT molecular complexity index is 427. The summed E-state index contributed by atoms with van der Waals surface area (Å²) >= 11 is 0. The predicted molar refractivity (Wildman–Crippen MR) is 76.0 cm³/mol. The van der Waals surface area contributed by atoms with Crippen LogP contribution in [0, 0.1) is 6.92 Å². The van der Waals surface area contributed by atoms with E-state index >= 15 is 0 Å². The molecule has 1 N–H and O–H groups in total. The molecule has 1 saturated carbocycles. The molecular formula is C16H24N2O. The summed E-state index contributed by atoms with van der Waals surface area (Å²) in [6, 6.07) is 4.10. The average Bonchev–Trinajstić information content (AvgIpc) is 3.03. The lowest BCUT2D eigenvalue weighted by Crippen LogP contribution is -2.31. The van der Waals surface area contributed by atoms with E-state index in [4.69, 9.17) is 4.74 Å². The molecule has 0 amide bonds. The fourth-order valence-corrected chi connectivity index (χ4v) is 3.48. The zero-order valence-corrected chi connectivity index (χ0v) is 11.8. The molecule has 1 atom stereocenters. The number of pyridine rings is 1. The largest absolute Gasteiger partial charge is 0.370 e. The van der Waals surface area contributed by atoms with Gasteiger partial charge >= 0.3 is 0 Å². The van der Waals surface area contributed by atoms with Crippen LogP contribution in [0.3, 0.4) is 0 Å². The van der Waals surface area contributed by atoms with Crippen LogP contribution in [0.2, 0.25) is 0 Å². The Morgan fingerprint density at radius 2 is 2.21 bits per heavy atom. The molecule has 1 aromatic rings. The van der Waals surface area contributed by atoms with Crippen molar-refractivity contribution in [1.82, 2.24) is 10.3 Å². The standard InChI is InChI=1S/C16H24N2O/c1-13-5-4-10-18-15(13)12-17-11-14-6-9-16(19-14)7-2-3-8-16/h4-5,10,14,17H,2-3,6-9,11-12H2,1H3. The van der Waals surface area contributed by atoms with E-state index < -0.39 is 0 Å². The van der Waals surface area contributed by atoms with Gasteiger partial charge in [-0.3, -0.25) is 4.98 Å². The van der Waals surface area contributed by atoms with Crippen LogP contribution in [0.5, 0.6) is 0 Å². The van der Waals surface area contributed by atoms with Crippen LogP contribution in [0.4, 0.5) is 0 Å². The van der Waals surface area contributed by atoms with Crippen LogP contribution in [-0.4, -0.2) is 23.2 Å². The van der Waals surface area contributed by atoms with Crippen LogP contribution < -0.4 is 5.32 Å². The molecule has 1 spiro atoms. The number of aromatic nitrogens is 1. The summed E-state index contributed by atoms with van der Waals surface area (Å²) < 4.78 is 6.30. The van der Waals surface area contributed by atoms with Gasteiger partial charge < -0.3 is 10.1 Å². The number of nitrogens with one attached hydrogen (secondary N) is 1. The minimum Gasteiger partial charge on any atom is -0.370 e. The lowest BCUT2D eigenvalue weighted by Gasteiger charge is -2.23. The first-order chi connectivity index (χ1) is 9.27. The van der Waals surface area contributed by atoms with E-state index in [0.717, 1.165) is 18.8 Å². The van der Waals surface area contributed by atoms with Crippen molar-refractivity contribution in [2.24, 2.45) is 0 Å². The quantitative estimate of drug-likeness (QED) is 0.903. The molecule has 1 saturated heterocycles. The molecule has 3 heteroatoms. The van der Waals surface area contributed by atoms with Gasteiger partial charge in [0.2, 0.25) is 0 Å². The summed E-state index contributed by atoms with van der Waals surface area (Å²) in [6.45, 7) is 3.92. The fourth-order valence-electron chi connectivity index (χ4n) is 3.48. The van der Waals surface area contributed by atoms with Gasteiger partial charge in [-0.1, -0.05) is 18.9 Å². The first-order valence-electron chi connectivity index (χ1n) is 7.56. The minimum absolute atomic E-state index is 0.257. The summed E-state index contributed by atoms with van der Waals surface area (Å²) in [4.78, 5) is 4.41. The lowest BCUT2D eigenvalue weighted by molar-refractivity contribution is -0.0352. The molecule has 0 bridgehead atoms. The number of aryl methyl sites for hydroxylation is 1. The second-order valence-corrected chi connectivity index (χ2v) is 6.07. The van der Waals surface area contributed by atoms with Gasteiger partial charge in [0.1, 0.15) is 0 Å². The van der Waals surface area contributed by atoms with Gasteiger partial charge in [-0.2, -0.15) is 0 Å². The Kier molecular flexibility index (Phi) is 3.85. The SMILES string of the molecule is Cc1cccnc1CNCC1CCC2(CCCC2)O1. The molecule has 1 aliphatic heterocycles. The van der Waals surface area contributed by atoms with Crippen LogP contribution >= 0.6 is 0 Å². The van der Waals surface area contributed by atoms with Gasteiger partial charge in [-0.15, -0.1) is 0 Å². The number of hydrogen-bond donors (Lipinski definition) is 1. The van der Waals surface area contributed by atoms with Gasteiger partial charge in [-0.25, -0.2) is 0 Å². The zero-order chi connectivity index (χ0) is 13.1. The molecule has 3 rings (SSSR count). The maximum Gasteiger partial charge on any atom is 0.0708 e. The van der Waals surface area contributed by atoms with Crippen molar-refractivity contribution >= 4 is 0 Å². The molecule has 2 fully saturated rings. The Labute approximate surface area is 115 Å². The first-order valence-corrected chi connectivity index (χ1v) is 7.56. The molecule has 104 valence electrons. The summed E-state index contributed by atoms with van der Waals surface area (Å²) in [5.74, 6) is 0. The van der Waals surface area contributed by atoms with Gasteiger partial charge in [0, 0.05) is 19.3 Å². The van der Waals surface area contributed by atoms with E-state index in [1.807, 2.05) is 12.3 Å². The number of hydrogen-bond acceptors (Lipinski definition) is 3. The van der Waals surface area contributed by atoms with E-state index in [1.54, 1.807) is 0 Å². The van der Waals surface area contributed by atoms with Crippen LogP contribution in [-0.2, 0) is 11.3 Å². The molecule has 0 aromatic carbocycles. The monoisotopic (exact) mass is 260 g/mol. The summed E-state index contributed by atoms with van der Waals surface area (Å²) in [5, 5.41) is 3.50. The molecule has 19 heavy (non-hydrogen) atoms. The van der Waals surface area contributed by atoms with Gasteiger partial charge in [0.15, 0.2) is 0 Å². The molecule has 1 aromatic heterocycles. The number of nitrogens with zero attached hydrogens (tertiary/aromatic N) is 1. The van der Waals surface area contributed by atoms with Gasteiger partial charge in [0.05, 0.1) is 17.4 Å². The maximum atomic E-state index is 6.30. The molecule has 2 aliphatic rings. The average molecular weight is 260 g/mol. The maximum absolute atomic E-state index is 6.30. The summed E-state index contributed by atoms with van der Waals surface area (Å²) in [5.41, 5.74) is 2.67. The Morgan fingerprint density at radius 3 is 3.00 bits per heavy atom. The highest BCUT2D eigenvalue weighted by Gasteiger charge is 2.41. The van der Waals surface area contributed by atoms with Crippen molar-refractivity contribution < 1.29 is 4.74 Å². The molecule has 1 unspecified atom stereocenters. The highest BCUT2D eigenvalue weighted by molar-refractivity contribution is 5.17. The van der Waals surface area contributed by atoms with Crippen molar-refractivity contribution in [2.75, 3.05) is 6.54 Å². The minimum atomic E-state index is 0.257. The molecular weight excluding hydrogens is 236 g/mol. The van der Waals surface area contributed by atoms with Crippen molar-refractivity contribution in [3.05, 3.63) is 29.6 Å². The third-order valence-electron chi connectivity index (χ3n) is 4.64. The summed E-state index contributed by atoms with van der Waals surface area (Å²) in [7, 11) is 0. The number of ether oxygens (including phenoxy) is 1. The highest BCUT2D eigenvalue weighted by atomic mass is 16.5. The Balaban J connectivity index is 1.45. The fraction of sp³-hybridized carbons (Fsp3) is 0.688. The van der Waals surface area contributed by atoms with Crippen molar-refractivity contribution in [1.29, 1.82) is 0 Å². The third kappa shape index (κ3) is 2.98. The highest BCUT2D eigenvalue weighted by Crippen LogP contribution is 2.43. The number of rotatable bonds is 4. The topological polar surface area (TPSA) is 34.2 Å². The van der Waals surface area contributed by atoms with Gasteiger partial charge in [0.25, 0.3) is 0 Å². The van der Waals surface area contributed by atoms with E-state index in [9.17, 15) is 0 Å². The Morgan fingerprint density at radius 1 is 1.37 bits per heavy atom. The smallest absolute Gasteiger partial charge is 0.0708 e. The molecule has 1 aliphatic carbocycles. The zero-order valence-electron chi connectivity index (χ0n) is 11.8. The second kappa shape index (κ2) is 5.59. The van der Waals surface area contributed by atoms with Crippen LogP contribution in [0.15, 0.2) is 18.3 Å². The van der Waals surface area contributed by atoms with Crippen LogP contribution in [0.1, 0.15) is 49.8 Å². The van der Waals surface area contributed by atoms with Crippen molar-refractivity contribution in [3.8, 4) is 0 Å². The van der Waals surface area contributed by atoms with Crippen LogP contribution in [0.25, 0.3) is 0 Å². The second-order valence-electron chi connectivity index (χ2n) is 6.07. The third-order valence-corrected chi connectivity index (χ3v) is 4.64. The Hall–Kier alpha value is -0.930. The van der Waals surface area contributed by atoms with E-state index in [1.165, 1.54) is 44.1 Å². The van der Waals surface area contributed by atoms with E-state index in [2.05, 4.69) is 23.3 Å².